The summed E-state index contributed by atoms with van der Waals surface area (Å²) in [5.41, 5.74) is 2.60. The molecule has 154 valence electrons. The summed E-state index contributed by atoms with van der Waals surface area (Å²) in [6.45, 7) is 0.255. The minimum atomic E-state index is -0.406. The third-order valence-corrected chi connectivity index (χ3v) is 5.84. The molecule has 4 aromatic rings. The summed E-state index contributed by atoms with van der Waals surface area (Å²) < 4.78 is 11.6. The molecular formula is C23H17N3O4S. The third kappa shape index (κ3) is 4.29. The van der Waals surface area contributed by atoms with Crippen molar-refractivity contribution in [2.45, 2.75) is 18.3 Å². The Hall–Kier alpha value is -3.65. The molecule has 2 aromatic heterocycles. The van der Waals surface area contributed by atoms with Crippen molar-refractivity contribution < 1.29 is 18.7 Å². The summed E-state index contributed by atoms with van der Waals surface area (Å²) >= 11 is 1.02. The maximum atomic E-state index is 11.8. The van der Waals surface area contributed by atoms with Crippen LogP contribution in [0.15, 0.2) is 71.4 Å². The Kier molecular flexibility index (Phi) is 5.13. The van der Waals surface area contributed by atoms with Crippen molar-refractivity contribution in [2.75, 3.05) is 0 Å². The first-order chi connectivity index (χ1) is 15.1. The Labute approximate surface area is 181 Å². The van der Waals surface area contributed by atoms with Gasteiger partial charge in [-0.25, -0.2) is 4.98 Å². The molecule has 5 rings (SSSR count). The highest BCUT2D eigenvalue weighted by molar-refractivity contribution is 8.15. The molecule has 1 aliphatic heterocycles. The number of nitrogens with one attached hydrogen (secondary N) is 1. The Morgan fingerprint density at radius 2 is 1.90 bits per heavy atom. The fourth-order valence-corrected chi connectivity index (χ4v) is 4.19. The number of benzene rings is 2. The van der Waals surface area contributed by atoms with E-state index in [1.54, 1.807) is 12.4 Å². The number of pyridine rings is 1. The fourth-order valence-electron chi connectivity index (χ4n) is 3.33. The predicted molar refractivity (Wildman–Crippen MR) is 117 cm³/mol. The van der Waals surface area contributed by atoms with Crippen molar-refractivity contribution in [1.29, 1.82) is 0 Å². The van der Waals surface area contributed by atoms with Crippen LogP contribution >= 0.6 is 11.8 Å². The lowest BCUT2D eigenvalue weighted by Crippen LogP contribution is -2.25. The lowest BCUT2D eigenvalue weighted by Gasteiger charge is -2.08. The van der Waals surface area contributed by atoms with Crippen LogP contribution in [-0.2, 0) is 17.8 Å². The van der Waals surface area contributed by atoms with Crippen LogP contribution in [0.4, 0.5) is 4.79 Å². The molecule has 8 heteroatoms. The van der Waals surface area contributed by atoms with Crippen molar-refractivity contribution >= 4 is 33.8 Å². The van der Waals surface area contributed by atoms with E-state index < -0.39 is 5.25 Å². The first-order valence-electron chi connectivity index (χ1n) is 9.67. The number of ether oxygens (including phenoxy) is 1. The number of carbonyl (C=O) groups is 2. The summed E-state index contributed by atoms with van der Waals surface area (Å²) in [6.07, 6.45) is 3.85. The lowest BCUT2D eigenvalue weighted by atomic mass is 10.1. The summed E-state index contributed by atoms with van der Waals surface area (Å²) in [5.74, 6) is 1.61. The van der Waals surface area contributed by atoms with Gasteiger partial charge in [-0.15, -0.1) is 0 Å². The van der Waals surface area contributed by atoms with E-state index in [0.29, 0.717) is 23.8 Å². The van der Waals surface area contributed by atoms with E-state index >= 15 is 0 Å². The number of thioether (sulfide) groups is 1. The Bertz CT molecular complexity index is 1270. The summed E-state index contributed by atoms with van der Waals surface area (Å²) in [4.78, 5) is 31.9. The second kappa shape index (κ2) is 8.23. The highest BCUT2D eigenvalue weighted by atomic mass is 32.2. The second-order valence-corrected chi connectivity index (χ2v) is 8.25. The number of nitrogens with zero attached hydrogens (tertiary/aromatic N) is 2. The number of amides is 2. The predicted octanol–water partition coefficient (Wildman–Crippen LogP) is 4.36. The number of oxazole rings is 1. The zero-order valence-electron chi connectivity index (χ0n) is 16.3. The topological polar surface area (TPSA) is 94.3 Å². The van der Waals surface area contributed by atoms with Crippen LogP contribution in [0.1, 0.15) is 11.3 Å². The van der Waals surface area contributed by atoms with Gasteiger partial charge in [0, 0.05) is 23.2 Å². The molecule has 1 atom stereocenters. The molecule has 0 radical (unpaired) electrons. The third-order valence-electron chi connectivity index (χ3n) is 4.86. The van der Waals surface area contributed by atoms with Crippen molar-refractivity contribution in [2.24, 2.45) is 0 Å². The Morgan fingerprint density at radius 1 is 1.03 bits per heavy atom. The highest BCUT2D eigenvalue weighted by Gasteiger charge is 2.31. The zero-order valence-corrected chi connectivity index (χ0v) is 17.1. The van der Waals surface area contributed by atoms with E-state index in [1.807, 2.05) is 54.6 Å². The number of hydrogen-bond acceptors (Lipinski definition) is 7. The smallest absolute Gasteiger partial charge is 0.286 e. The van der Waals surface area contributed by atoms with Crippen molar-refractivity contribution in [1.82, 2.24) is 15.3 Å². The molecule has 3 heterocycles. The molecule has 7 nitrogen and oxygen atoms in total. The first-order valence-corrected chi connectivity index (χ1v) is 10.5. The summed E-state index contributed by atoms with van der Waals surface area (Å²) in [5, 5.41) is 2.54. The van der Waals surface area contributed by atoms with Gasteiger partial charge in [-0.2, -0.15) is 0 Å². The van der Waals surface area contributed by atoms with Crippen LogP contribution in [0.2, 0.25) is 0 Å². The van der Waals surface area contributed by atoms with E-state index in [-0.39, 0.29) is 17.8 Å². The quantitative estimate of drug-likeness (QED) is 0.485. The minimum Gasteiger partial charge on any atom is -0.486 e. The van der Waals surface area contributed by atoms with Gasteiger partial charge in [0.05, 0.1) is 17.0 Å². The molecule has 0 bridgehead atoms. The molecule has 1 unspecified atom stereocenters. The SMILES string of the molecule is O=C1NC(=O)C(Cc2cnc3cc(OCc4cnc(-c5ccccc5)o4)ccc3c2)S1. The molecule has 1 fully saturated rings. The number of carbonyl (C=O) groups excluding carboxylic acids is 2. The number of rotatable bonds is 6. The average molecular weight is 431 g/mol. The van der Waals surface area contributed by atoms with Gasteiger partial charge in [-0.3, -0.25) is 19.9 Å². The van der Waals surface area contributed by atoms with E-state index in [2.05, 4.69) is 15.3 Å². The van der Waals surface area contributed by atoms with E-state index in [1.165, 1.54) is 0 Å². The zero-order chi connectivity index (χ0) is 21.2. The van der Waals surface area contributed by atoms with Crippen LogP contribution in [0.5, 0.6) is 5.75 Å². The molecule has 0 aliphatic carbocycles. The van der Waals surface area contributed by atoms with Gasteiger partial charge in [-0.05, 0) is 42.3 Å². The summed E-state index contributed by atoms with van der Waals surface area (Å²) in [6, 6.07) is 17.3. The molecule has 2 amide bonds. The van der Waals surface area contributed by atoms with Crippen LogP contribution in [-0.4, -0.2) is 26.4 Å². The number of hydrogen-bond donors (Lipinski definition) is 1. The van der Waals surface area contributed by atoms with Crippen LogP contribution in [0, 0.1) is 0 Å². The van der Waals surface area contributed by atoms with Crippen molar-refractivity contribution in [3.63, 3.8) is 0 Å². The molecule has 0 spiro atoms. The second-order valence-electron chi connectivity index (χ2n) is 7.07. The fraction of sp³-hybridized carbons (Fsp3) is 0.130. The highest BCUT2D eigenvalue weighted by Crippen LogP contribution is 2.26. The van der Waals surface area contributed by atoms with Gasteiger partial charge in [0.15, 0.2) is 5.76 Å². The molecule has 1 saturated heterocycles. The normalized spacial score (nSPS) is 15.9. The van der Waals surface area contributed by atoms with Gasteiger partial charge in [0.1, 0.15) is 12.4 Å². The molecular weight excluding hydrogens is 414 g/mol. The van der Waals surface area contributed by atoms with Gasteiger partial charge < -0.3 is 9.15 Å². The number of fused-ring (bicyclic) bond motifs is 1. The largest absolute Gasteiger partial charge is 0.486 e. The van der Waals surface area contributed by atoms with Gasteiger partial charge in [0.25, 0.3) is 5.24 Å². The molecule has 31 heavy (non-hydrogen) atoms. The molecule has 1 aliphatic rings. The van der Waals surface area contributed by atoms with E-state index in [4.69, 9.17) is 9.15 Å². The maximum Gasteiger partial charge on any atom is 0.286 e. The lowest BCUT2D eigenvalue weighted by molar-refractivity contribution is -0.118. The van der Waals surface area contributed by atoms with Crippen LogP contribution < -0.4 is 10.1 Å². The monoisotopic (exact) mass is 431 g/mol. The first kappa shape index (κ1) is 19.3. The van der Waals surface area contributed by atoms with Crippen LogP contribution in [0.25, 0.3) is 22.4 Å². The average Bonchev–Trinajstić information content (AvgIpc) is 3.39. The number of imide groups is 1. The van der Waals surface area contributed by atoms with E-state index in [0.717, 1.165) is 33.8 Å². The minimum absolute atomic E-state index is 0.248. The van der Waals surface area contributed by atoms with Gasteiger partial charge in [0.2, 0.25) is 11.8 Å². The van der Waals surface area contributed by atoms with Crippen LogP contribution in [0.3, 0.4) is 0 Å². The molecule has 0 saturated carbocycles. The Balaban J connectivity index is 1.25. The summed E-state index contributed by atoms with van der Waals surface area (Å²) in [7, 11) is 0. The van der Waals surface area contributed by atoms with Crippen molar-refractivity contribution in [3.05, 3.63) is 78.3 Å². The van der Waals surface area contributed by atoms with Gasteiger partial charge >= 0.3 is 0 Å². The molecule has 1 N–H and O–H groups in total. The number of aromatic nitrogens is 2. The van der Waals surface area contributed by atoms with Gasteiger partial charge in [-0.1, -0.05) is 30.0 Å². The Morgan fingerprint density at radius 3 is 2.71 bits per heavy atom. The molecule has 2 aromatic carbocycles. The van der Waals surface area contributed by atoms with Crippen molar-refractivity contribution in [3.8, 4) is 17.2 Å². The standard InChI is InChI=1S/C23H17N3O4S/c27-21-20(31-23(28)26-21)9-14-8-16-6-7-17(10-19(16)24-11-14)29-13-18-12-25-22(30-18)15-4-2-1-3-5-15/h1-8,10-12,20H,9,13H2,(H,26,27,28). The van der Waals surface area contributed by atoms with E-state index in [9.17, 15) is 9.59 Å². The maximum absolute atomic E-state index is 11.8.